The van der Waals surface area contributed by atoms with Gasteiger partial charge in [-0.3, -0.25) is 0 Å². The van der Waals surface area contributed by atoms with E-state index in [0.717, 1.165) is 76.5 Å². The van der Waals surface area contributed by atoms with Gasteiger partial charge in [-0.25, -0.2) is 15.0 Å². The first-order chi connectivity index (χ1) is 31.7. The Kier molecular flexibility index (Phi) is 7.46. The number of aromatic nitrogens is 5. The van der Waals surface area contributed by atoms with Crippen LogP contribution in [0.3, 0.4) is 0 Å². The van der Waals surface area contributed by atoms with Gasteiger partial charge in [-0.15, -0.1) is 11.3 Å². The molecule has 5 aromatic heterocycles. The fourth-order valence-corrected chi connectivity index (χ4v) is 11.2. The molecule has 0 unspecified atom stereocenters. The van der Waals surface area contributed by atoms with Crippen LogP contribution in [0.25, 0.3) is 131 Å². The van der Waals surface area contributed by atoms with Gasteiger partial charge >= 0.3 is 0 Å². The van der Waals surface area contributed by atoms with E-state index in [1.165, 1.54) is 37.3 Å². The minimum atomic E-state index is 0.607. The molecule has 0 aliphatic carbocycles. The normalized spacial score (nSPS) is 12.1. The minimum Gasteiger partial charge on any atom is -0.455 e. The van der Waals surface area contributed by atoms with Crippen LogP contribution in [0.15, 0.2) is 205 Å². The average molecular weight is 836 g/mol. The maximum absolute atomic E-state index is 6.62. The quantitative estimate of drug-likeness (QED) is 0.173. The third-order valence-electron chi connectivity index (χ3n) is 12.8. The summed E-state index contributed by atoms with van der Waals surface area (Å²) in [6.45, 7) is 0. The molecule has 0 spiro atoms. The van der Waals surface area contributed by atoms with Crippen molar-refractivity contribution in [2.75, 3.05) is 0 Å². The van der Waals surface area contributed by atoms with Gasteiger partial charge in [0.1, 0.15) is 11.2 Å². The fraction of sp³-hybridized carbons (Fsp3) is 0. The van der Waals surface area contributed by atoms with Crippen LogP contribution in [0.1, 0.15) is 0 Å². The molecule has 7 heteroatoms. The molecule has 5 heterocycles. The molecule has 14 rings (SSSR count). The van der Waals surface area contributed by atoms with Crippen molar-refractivity contribution in [3.63, 3.8) is 0 Å². The van der Waals surface area contributed by atoms with Crippen LogP contribution < -0.4 is 0 Å². The van der Waals surface area contributed by atoms with Gasteiger partial charge in [0.2, 0.25) is 0 Å². The number of fused-ring (bicyclic) bond motifs is 14. The predicted molar refractivity (Wildman–Crippen MR) is 265 cm³/mol. The Morgan fingerprint density at radius 3 is 1.58 bits per heavy atom. The molecule has 0 saturated carbocycles. The lowest BCUT2D eigenvalue weighted by Gasteiger charge is -2.13. The second-order valence-electron chi connectivity index (χ2n) is 16.3. The van der Waals surface area contributed by atoms with Crippen molar-refractivity contribution >= 4 is 97.1 Å². The van der Waals surface area contributed by atoms with Crippen molar-refractivity contribution in [2.24, 2.45) is 0 Å². The molecule has 0 amide bonds. The maximum atomic E-state index is 6.62. The minimum absolute atomic E-state index is 0.607. The standard InChI is InChI=1S/C57H33N5OS/c1-3-15-34(16-4-1)55-58-56(60-57(59-55)45-33-44-40-21-9-13-25-48(40)63-53(44)50-43-22-10-14-26-49(43)64-54(45)50)35-27-29-37(30-28-35)62-47-24-12-8-20-39(47)42-32-31-41-38-19-7-11-23-46(38)61(51(41)52(42)62)36-17-5-2-6-18-36/h1-33H. The summed E-state index contributed by atoms with van der Waals surface area (Å²) >= 11 is 1.75. The van der Waals surface area contributed by atoms with Crippen molar-refractivity contribution < 1.29 is 4.42 Å². The summed E-state index contributed by atoms with van der Waals surface area (Å²) in [5.74, 6) is 1.85. The summed E-state index contributed by atoms with van der Waals surface area (Å²) in [5, 5.41) is 9.21. The molecule has 6 nitrogen and oxygen atoms in total. The maximum Gasteiger partial charge on any atom is 0.165 e. The van der Waals surface area contributed by atoms with E-state index in [0.29, 0.717) is 17.5 Å². The second-order valence-corrected chi connectivity index (χ2v) is 17.4. The van der Waals surface area contributed by atoms with E-state index in [-0.39, 0.29) is 0 Å². The molecule has 0 aliphatic rings. The van der Waals surface area contributed by atoms with E-state index < -0.39 is 0 Å². The van der Waals surface area contributed by atoms with Gasteiger partial charge in [0, 0.05) is 75.9 Å². The van der Waals surface area contributed by atoms with Crippen molar-refractivity contribution in [1.82, 2.24) is 24.1 Å². The highest BCUT2D eigenvalue weighted by Gasteiger charge is 2.24. The van der Waals surface area contributed by atoms with Crippen molar-refractivity contribution in [1.29, 1.82) is 0 Å². The Morgan fingerprint density at radius 1 is 0.391 bits per heavy atom. The molecule has 0 aliphatic heterocycles. The lowest BCUT2D eigenvalue weighted by molar-refractivity contribution is 0.673. The number of hydrogen-bond donors (Lipinski definition) is 0. The summed E-state index contributed by atoms with van der Waals surface area (Å²) in [4.78, 5) is 15.8. The van der Waals surface area contributed by atoms with Gasteiger partial charge in [0.05, 0.1) is 26.8 Å². The van der Waals surface area contributed by atoms with Gasteiger partial charge in [0.25, 0.3) is 0 Å². The summed E-state index contributed by atoms with van der Waals surface area (Å²) in [6.07, 6.45) is 0. The first kappa shape index (κ1) is 35.2. The lowest BCUT2D eigenvalue weighted by Crippen LogP contribution is -2.01. The third-order valence-corrected chi connectivity index (χ3v) is 14.0. The highest BCUT2D eigenvalue weighted by Crippen LogP contribution is 2.47. The number of hydrogen-bond acceptors (Lipinski definition) is 5. The molecule has 0 saturated heterocycles. The molecule has 9 aromatic carbocycles. The van der Waals surface area contributed by atoms with E-state index in [4.69, 9.17) is 19.4 Å². The number of nitrogens with zero attached hydrogens (tertiary/aromatic N) is 5. The number of thiophene rings is 1. The molecule has 0 bridgehead atoms. The average Bonchev–Trinajstić information content (AvgIpc) is 4.12. The first-order valence-electron chi connectivity index (χ1n) is 21.4. The van der Waals surface area contributed by atoms with E-state index in [1.54, 1.807) is 11.3 Å². The Morgan fingerprint density at radius 2 is 0.906 bits per heavy atom. The monoisotopic (exact) mass is 835 g/mol. The Bertz CT molecular complexity index is 4180. The van der Waals surface area contributed by atoms with Crippen LogP contribution in [0.2, 0.25) is 0 Å². The van der Waals surface area contributed by atoms with Gasteiger partial charge in [0.15, 0.2) is 17.5 Å². The first-order valence-corrected chi connectivity index (χ1v) is 22.3. The molecule has 64 heavy (non-hydrogen) atoms. The van der Waals surface area contributed by atoms with Crippen molar-refractivity contribution in [3.05, 3.63) is 200 Å². The molecular formula is C57H33N5OS. The molecule has 0 radical (unpaired) electrons. The number of benzene rings is 9. The molecule has 298 valence electrons. The molecule has 14 aromatic rings. The zero-order valence-electron chi connectivity index (χ0n) is 34.1. The Labute approximate surface area is 369 Å². The SMILES string of the molecule is c1ccc(-c2nc(-c3ccc(-n4c5ccccc5c5ccc6c7ccccc7n(-c7ccccc7)c6c54)cc3)nc(-c3cc4c5ccccc5oc4c4c3sc3ccccc34)n2)cc1. The Hall–Kier alpha value is -8.39. The third kappa shape index (κ3) is 5.10. The van der Waals surface area contributed by atoms with Crippen LogP contribution in [-0.2, 0) is 0 Å². The molecule has 0 N–H and O–H groups in total. The number of rotatable bonds is 5. The summed E-state index contributed by atoms with van der Waals surface area (Å²) in [7, 11) is 0. The fourth-order valence-electron chi connectivity index (χ4n) is 9.95. The second kappa shape index (κ2) is 13.6. The van der Waals surface area contributed by atoms with E-state index >= 15 is 0 Å². The van der Waals surface area contributed by atoms with Gasteiger partial charge < -0.3 is 13.6 Å². The summed E-state index contributed by atoms with van der Waals surface area (Å²) < 4.78 is 13.7. The molecule has 0 fully saturated rings. The van der Waals surface area contributed by atoms with Crippen molar-refractivity contribution in [3.8, 4) is 45.5 Å². The van der Waals surface area contributed by atoms with E-state index in [9.17, 15) is 0 Å². The van der Waals surface area contributed by atoms with Crippen LogP contribution in [0, 0.1) is 0 Å². The van der Waals surface area contributed by atoms with E-state index in [2.05, 4.69) is 179 Å². The van der Waals surface area contributed by atoms with Gasteiger partial charge in [-0.05, 0) is 66.7 Å². The van der Waals surface area contributed by atoms with Crippen LogP contribution in [-0.4, -0.2) is 24.1 Å². The van der Waals surface area contributed by atoms with Gasteiger partial charge in [-0.1, -0.05) is 133 Å². The molecular weight excluding hydrogens is 803 g/mol. The summed E-state index contributed by atoms with van der Waals surface area (Å²) in [5.41, 5.74) is 11.4. The predicted octanol–water partition coefficient (Wildman–Crippen LogP) is 15.3. The number of furan rings is 1. The van der Waals surface area contributed by atoms with Crippen LogP contribution in [0.5, 0.6) is 0 Å². The van der Waals surface area contributed by atoms with Gasteiger partial charge in [-0.2, -0.15) is 0 Å². The van der Waals surface area contributed by atoms with Crippen LogP contribution in [0.4, 0.5) is 0 Å². The largest absolute Gasteiger partial charge is 0.455 e. The van der Waals surface area contributed by atoms with E-state index in [1.807, 2.05) is 30.3 Å². The topological polar surface area (TPSA) is 61.7 Å². The zero-order valence-corrected chi connectivity index (χ0v) is 34.9. The Balaban J connectivity index is 1.00. The highest BCUT2D eigenvalue weighted by atomic mass is 32.1. The van der Waals surface area contributed by atoms with Crippen LogP contribution >= 0.6 is 11.3 Å². The highest BCUT2D eigenvalue weighted by molar-refractivity contribution is 7.26. The molecule has 0 atom stereocenters. The zero-order chi connectivity index (χ0) is 41.9. The van der Waals surface area contributed by atoms with Crippen molar-refractivity contribution in [2.45, 2.75) is 0 Å². The smallest absolute Gasteiger partial charge is 0.165 e. The number of para-hydroxylation sites is 4. The lowest BCUT2D eigenvalue weighted by atomic mass is 10.0. The summed E-state index contributed by atoms with van der Waals surface area (Å²) in [6, 6.07) is 70.7.